The van der Waals surface area contributed by atoms with Gasteiger partial charge in [-0.3, -0.25) is 4.79 Å². The van der Waals surface area contributed by atoms with Crippen molar-refractivity contribution < 1.29 is 4.79 Å². The number of carbonyl (C=O) groups is 1. The maximum atomic E-state index is 13.1. The maximum absolute atomic E-state index is 13.1. The zero-order chi connectivity index (χ0) is 15.6. The molecule has 2 aromatic heterocycles. The zero-order valence-corrected chi connectivity index (χ0v) is 14.1. The van der Waals surface area contributed by atoms with E-state index in [9.17, 15) is 4.79 Å². The lowest BCUT2D eigenvalue weighted by atomic mass is 10.1. The number of amides is 1. The number of rotatable bonds is 2. The molecule has 6 heteroatoms. The van der Waals surface area contributed by atoms with Gasteiger partial charge in [-0.2, -0.15) is 0 Å². The Morgan fingerprint density at radius 1 is 1.09 bits per heavy atom. The average molecular weight is 330 g/mol. The molecule has 1 amide bonds. The molecular formula is C17H22N4OS. The third-order valence-corrected chi connectivity index (χ3v) is 5.79. The Morgan fingerprint density at radius 3 is 2.74 bits per heavy atom. The smallest absolute Gasteiger partial charge is 0.245 e. The van der Waals surface area contributed by atoms with Crippen molar-refractivity contribution in [2.75, 3.05) is 24.5 Å². The summed E-state index contributed by atoms with van der Waals surface area (Å²) in [7, 11) is 0. The van der Waals surface area contributed by atoms with Crippen molar-refractivity contribution in [3.8, 4) is 0 Å². The van der Waals surface area contributed by atoms with Crippen LogP contribution in [0.4, 0.5) is 5.82 Å². The van der Waals surface area contributed by atoms with Crippen molar-refractivity contribution in [2.24, 2.45) is 0 Å². The molecule has 2 aliphatic rings. The molecule has 0 radical (unpaired) electrons. The van der Waals surface area contributed by atoms with Crippen LogP contribution in [-0.2, 0) is 4.79 Å². The van der Waals surface area contributed by atoms with Crippen molar-refractivity contribution in [3.63, 3.8) is 0 Å². The summed E-state index contributed by atoms with van der Waals surface area (Å²) in [5.74, 6) is 1.23. The van der Waals surface area contributed by atoms with Gasteiger partial charge in [0.2, 0.25) is 5.91 Å². The highest BCUT2D eigenvalue weighted by Gasteiger charge is 2.35. The second-order valence-corrected chi connectivity index (χ2v) is 7.32. The Kier molecular flexibility index (Phi) is 4.16. The number of hydrogen-bond acceptors (Lipinski definition) is 5. The standard InChI is InChI=1S/C17H22N4OS/c22-17(20-8-3-1-2-4-9-20)14-6-5-10-21(14)15-13-7-11-23-16(13)19-12-18-15/h7,11-12,14H,1-6,8-10H2/t14-/m0/s1. The first kappa shape index (κ1) is 14.9. The molecule has 2 fully saturated rings. The van der Waals surface area contributed by atoms with E-state index in [1.165, 1.54) is 12.8 Å². The predicted molar refractivity (Wildman–Crippen MR) is 92.8 cm³/mol. The van der Waals surface area contributed by atoms with Gasteiger partial charge >= 0.3 is 0 Å². The first-order valence-corrected chi connectivity index (χ1v) is 9.46. The minimum atomic E-state index is -0.0499. The summed E-state index contributed by atoms with van der Waals surface area (Å²) in [6.45, 7) is 2.74. The van der Waals surface area contributed by atoms with Gasteiger partial charge < -0.3 is 9.80 Å². The quantitative estimate of drug-likeness (QED) is 0.849. The SMILES string of the molecule is O=C([C@@H]1CCCN1c1ncnc2sccc12)N1CCCCCC1. The minimum Gasteiger partial charge on any atom is -0.344 e. The number of thiophene rings is 1. The summed E-state index contributed by atoms with van der Waals surface area (Å²) in [6.07, 6.45) is 8.39. The molecule has 2 aliphatic heterocycles. The van der Waals surface area contributed by atoms with Crippen LogP contribution < -0.4 is 4.90 Å². The van der Waals surface area contributed by atoms with Gasteiger partial charge in [0.25, 0.3) is 0 Å². The highest BCUT2D eigenvalue weighted by atomic mass is 32.1. The lowest BCUT2D eigenvalue weighted by molar-refractivity contribution is -0.132. The average Bonchev–Trinajstić information content (AvgIpc) is 3.17. The third-order valence-electron chi connectivity index (χ3n) is 4.97. The second kappa shape index (κ2) is 6.43. The Morgan fingerprint density at radius 2 is 1.91 bits per heavy atom. The monoisotopic (exact) mass is 330 g/mol. The molecule has 0 bridgehead atoms. The van der Waals surface area contributed by atoms with E-state index in [1.807, 2.05) is 5.38 Å². The molecule has 122 valence electrons. The number of fused-ring (bicyclic) bond motifs is 1. The van der Waals surface area contributed by atoms with Crippen LogP contribution in [0.1, 0.15) is 38.5 Å². The Balaban J connectivity index is 1.61. The number of hydrogen-bond donors (Lipinski definition) is 0. The first-order valence-electron chi connectivity index (χ1n) is 8.58. The van der Waals surface area contributed by atoms with E-state index < -0.39 is 0 Å². The Labute approximate surface area is 140 Å². The van der Waals surface area contributed by atoms with Crippen LogP contribution in [-0.4, -0.2) is 46.5 Å². The van der Waals surface area contributed by atoms with Gasteiger partial charge in [-0.15, -0.1) is 11.3 Å². The molecule has 1 atom stereocenters. The summed E-state index contributed by atoms with van der Waals surface area (Å²) in [5, 5.41) is 3.12. The fourth-order valence-corrected chi connectivity index (χ4v) is 4.51. The van der Waals surface area contributed by atoms with E-state index in [0.717, 1.165) is 61.4 Å². The molecule has 2 aromatic rings. The van der Waals surface area contributed by atoms with E-state index in [-0.39, 0.29) is 6.04 Å². The van der Waals surface area contributed by atoms with E-state index in [0.29, 0.717) is 5.91 Å². The number of carbonyl (C=O) groups excluding carboxylic acids is 1. The van der Waals surface area contributed by atoms with E-state index in [1.54, 1.807) is 17.7 Å². The van der Waals surface area contributed by atoms with Crippen LogP contribution in [0.5, 0.6) is 0 Å². The number of anilines is 1. The van der Waals surface area contributed by atoms with Crippen molar-refractivity contribution in [1.29, 1.82) is 0 Å². The van der Waals surface area contributed by atoms with Gasteiger partial charge in [0.15, 0.2) is 0 Å². The third kappa shape index (κ3) is 2.80. The lowest BCUT2D eigenvalue weighted by Gasteiger charge is -2.30. The van der Waals surface area contributed by atoms with E-state index >= 15 is 0 Å². The van der Waals surface area contributed by atoms with Crippen molar-refractivity contribution in [1.82, 2.24) is 14.9 Å². The molecule has 0 N–H and O–H groups in total. The minimum absolute atomic E-state index is 0.0499. The Bertz CT molecular complexity index is 693. The molecule has 0 saturated carbocycles. The van der Waals surface area contributed by atoms with Crippen LogP contribution in [0, 0.1) is 0 Å². The van der Waals surface area contributed by atoms with Crippen molar-refractivity contribution >= 4 is 33.3 Å². The van der Waals surface area contributed by atoms with Crippen LogP contribution in [0.3, 0.4) is 0 Å². The molecule has 4 rings (SSSR count). The molecule has 0 spiro atoms. The van der Waals surface area contributed by atoms with Gasteiger partial charge in [0.1, 0.15) is 23.0 Å². The Hall–Kier alpha value is -1.69. The van der Waals surface area contributed by atoms with Gasteiger partial charge in [0, 0.05) is 19.6 Å². The summed E-state index contributed by atoms with van der Waals surface area (Å²) < 4.78 is 0. The first-order chi connectivity index (χ1) is 11.3. The number of aromatic nitrogens is 2. The van der Waals surface area contributed by atoms with Crippen molar-refractivity contribution in [3.05, 3.63) is 17.8 Å². The van der Waals surface area contributed by atoms with Crippen molar-refractivity contribution in [2.45, 2.75) is 44.6 Å². The molecule has 4 heterocycles. The van der Waals surface area contributed by atoms with Gasteiger partial charge in [-0.1, -0.05) is 12.8 Å². The summed E-state index contributed by atoms with van der Waals surface area (Å²) >= 11 is 1.63. The van der Waals surface area contributed by atoms with Crippen LogP contribution >= 0.6 is 11.3 Å². The van der Waals surface area contributed by atoms with Crippen LogP contribution in [0.15, 0.2) is 17.8 Å². The number of nitrogens with zero attached hydrogens (tertiary/aromatic N) is 4. The summed E-state index contributed by atoms with van der Waals surface area (Å²) in [4.78, 5) is 27.2. The topological polar surface area (TPSA) is 49.3 Å². The molecule has 5 nitrogen and oxygen atoms in total. The number of likely N-dealkylation sites (tertiary alicyclic amines) is 1. The molecule has 0 aliphatic carbocycles. The highest BCUT2D eigenvalue weighted by molar-refractivity contribution is 7.16. The fourth-order valence-electron chi connectivity index (χ4n) is 3.78. The zero-order valence-electron chi connectivity index (χ0n) is 13.3. The van der Waals surface area contributed by atoms with E-state index in [2.05, 4.69) is 25.8 Å². The summed E-state index contributed by atoms with van der Waals surface area (Å²) in [6, 6.07) is 2.02. The van der Waals surface area contributed by atoms with Gasteiger partial charge in [-0.25, -0.2) is 9.97 Å². The van der Waals surface area contributed by atoms with Crippen LogP contribution in [0.2, 0.25) is 0 Å². The highest BCUT2D eigenvalue weighted by Crippen LogP contribution is 2.32. The van der Waals surface area contributed by atoms with E-state index in [4.69, 9.17) is 0 Å². The largest absolute Gasteiger partial charge is 0.344 e. The summed E-state index contributed by atoms with van der Waals surface area (Å²) in [5.41, 5.74) is 0. The molecule has 2 saturated heterocycles. The van der Waals surface area contributed by atoms with Crippen LogP contribution in [0.25, 0.3) is 10.2 Å². The molecule has 0 unspecified atom stereocenters. The normalized spacial score (nSPS) is 22.5. The molecular weight excluding hydrogens is 308 g/mol. The van der Waals surface area contributed by atoms with Gasteiger partial charge in [0.05, 0.1) is 5.39 Å². The second-order valence-electron chi connectivity index (χ2n) is 6.43. The fraction of sp³-hybridized carbons (Fsp3) is 0.588. The van der Waals surface area contributed by atoms with Gasteiger partial charge in [-0.05, 0) is 37.1 Å². The maximum Gasteiger partial charge on any atom is 0.245 e. The molecule has 0 aromatic carbocycles. The molecule has 23 heavy (non-hydrogen) atoms. The predicted octanol–water partition coefficient (Wildman–Crippen LogP) is 3.06. The lowest BCUT2D eigenvalue weighted by Crippen LogP contribution is -2.46.